The average molecular weight is 236 g/mol. The smallest absolute Gasteiger partial charge is 0.0691 e. The van der Waals surface area contributed by atoms with E-state index in [0.29, 0.717) is 11.8 Å². The van der Waals surface area contributed by atoms with Crippen molar-refractivity contribution in [2.45, 2.75) is 57.7 Å². The van der Waals surface area contributed by atoms with E-state index < -0.39 is 0 Å². The van der Waals surface area contributed by atoms with Crippen LogP contribution in [0.3, 0.4) is 0 Å². The lowest BCUT2D eigenvalue weighted by atomic mass is 9.53. The first-order valence-electron chi connectivity index (χ1n) is 6.95. The van der Waals surface area contributed by atoms with Crippen molar-refractivity contribution in [3.8, 4) is 0 Å². The lowest BCUT2D eigenvalue weighted by Crippen LogP contribution is -2.53. The fourth-order valence-corrected chi connectivity index (χ4v) is 4.58. The van der Waals surface area contributed by atoms with E-state index in [0.717, 1.165) is 25.9 Å². The largest absolute Gasteiger partial charge is 0.392 e. The van der Waals surface area contributed by atoms with Gasteiger partial charge in [0, 0.05) is 5.41 Å². The lowest BCUT2D eigenvalue weighted by Gasteiger charge is -2.51. The van der Waals surface area contributed by atoms with Gasteiger partial charge in [0.15, 0.2) is 0 Å². The van der Waals surface area contributed by atoms with Gasteiger partial charge in [0.1, 0.15) is 0 Å². The molecule has 0 spiro atoms. The Morgan fingerprint density at radius 3 is 2.82 bits per heavy atom. The van der Waals surface area contributed by atoms with Crippen LogP contribution in [0.4, 0.5) is 0 Å². The van der Waals surface area contributed by atoms with E-state index >= 15 is 0 Å². The van der Waals surface area contributed by atoms with Crippen molar-refractivity contribution in [3.05, 3.63) is 12.2 Å². The van der Waals surface area contributed by atoms with E-state index in [1.807, 2.05) is 0 Å². The van der Waals surface area contributed by atoms with Crippen molar-refractivity contribution in [1.29, 1.82) is 0 Å². The molecule has 5 atom stereocenters. The highest BCUT2D eigenvalue weighted by atomic mass is 16.5. The number of hydrogen-bond acceptors (Lipinski definition) is 2. The Morgan fingerprint density at radius 2 is 2.12 bits per heavy atom. The number of aliphatic hydroxyl groups excluding tert-OH is 1. The monoisotopic (exact) mass is 236 g/mol. The predicted molar refractivity (Wildman–Crippen MR) is 67.7 cm³/mol. The normalized spacial score (nSPS) is 53.2. The molecule has 2 bridgehead atoms. The van der Waals surface area contributed by atoms with E-state index in [-0.39, 0.29) is 17.1 Å². The molecule has 17 heavy (non-hydrogen) atoms. The van der Waals surface area contributed by atoms with Crippen molar-refractivity contribution in [2.24, 2.45) is 17.3 Å². The third-order valence-corrected chi connectivity index (χ3v) is 5.85. The van der Waals surface area contributed by atoms with Crippen LogP contribution in [0.25, 0.3) is 0 Å². The molecule has 3 fully saturated rings. The van der Waals surface area contributed by atoms with Gasteiger partial charge in [-0.25, -0.2) is 0 Å². The zero-order valence-corrected chi connectivity index (χ0v) is 11.0. The van der Waals surface area contributed by atoms with Gasteiger partial charge in [-0.05, 0) is 57.8 Å². The van der Waals surface area contributed by atoms with E-state index in [9.17, 15) is 5.11 Å². The molecule has 3 aliphatic rings. The second kappa shape index (κ2) is 3.58. The summed E-state index contributed by atoms with van der Waals surface area (Å²) in [6.07, 6.45) is 5.26. The van der Waals surface area contributed by atoms with E-state index in [4.69, 9.17) is 4.74 Å². The second-order valence-corrected chi connectivity index (χ2v) is 6.76. The van der Waals surface area contributed by atoms with Gasteiger partial charge in [0.25, 0.3) is 0 Å². The van der Waals surface area contributed by atoms with Gasteiger partial charge in [-0.15, -0.1) is 0 Å². The van der Waals surface area contributed by atoms with Crippen LogP contribution in [0.1, 0.15) is 46.0 Å². The summed E-state index contributed by atoms with van der Waals surface area (Å²) in [5.74, 6) is 1.17. The van der Waals surface area contributed by atoms with Crippen LogP contribution >= 0.6 is 0 Å². The topological polar surface area (TPSA) is 29.5 Å². The molecule has 2 saturated carbocycles. The minimum absolute atomic E-state index is 0.0212. The first-order valence-corrected chi connectivity index (χ1v) is 6.95. The predicted octanol–water partition coefficient (Wildman–Crippen LogP) is 2.91. The van der Waals surface area contributed by atoms with Crippen LogP contribution in [0.15, 0.2) is 12.2 Å². The highest BCUT2D eigenvalue weighted by molar-refractivity contribution is 5.14. The molecule has 1 heterocycles. The lowest BCUT2D eigenvalue weighted by molar-refractivity contribution is -0.0871. The van der Waals surface area contributed by atoms with Crippen molar-refractivity contribution in [1.82, 2.24) is 0 Å². The molecule has 2 aliphatic carbocycles. The summed E-state index contributed by atoms with van der Waals surface area (Å²) in [4.78, 5) is 0. The van der Waals surface area contributed by atoms with Gasteiger partial charge in [-0.2, -0.15) is 0 Å². The Balaban J connectivity index is 1.93. The zero-order valence-electron chi connectivity index (χ0n) is 11.0. The first kappa shape index (κ1) is 11.7. The Bertz CT molecular complexity index is 351. The summed E-state index contributed by atoms with van der Waals surface area (Å²) < 4.78 is 6.11. The fraction of sp³-hybridized carbons (Fsp3) is 0.867. The Kier molecular flexibility index (Phi) is 2.47. The molecule has 0 aromatic heterocycles. The maximum absolute atomic E-state index is 10.4. The summed E-state index contributed by atoms with van der Waals surface area (Å²) in [6.45, 7) is 9.30. The van der Waals surface area contributed by atoms with E-state index in [1.54, 1.807) is 0 Å². The molecule has 0 radical (unpaired) electrons. The molecular formula is C15H24O2. The molecular weight excluding hydrogens is 212 g/mol. The van der Waals surface area contributed by atoms with Crippen molar-refractivity contribution < 1.29 is 9.84 Å². The van der Waals surface area contributed by atoms with Gasteiger partial charge < -0.3 is 9.84 Å². The minimum atomic E-state index is -0.144. The number of rotatable bonds is 1. The van der Waals surface area contributed by atoms with Crippen LogP contribution in [0.5, 0.6) is 0 Å². The van der Waals surface area contributed by atoms with Gasteiger partial charge in [-0.3, -0.25) is 0 Å². The Labute approximate surface area is 104 Å². The molecule has 0 aromatic carbocycles. The van der Waals surface area contributed by atoms with E-state index in [1.165, 1.54) is 18.4 Å². The molecule has 2 heteroatoms. The molecule has 2 nitrogen and oxygen atoms in total. The summed E-state index contributed by atoms with van der Waals surface area (Å²) >= 11 is 0. The van der Waals surface area contributed by atoms with Crippen LogP contribution in [-0.2, 0) is 4.74 Å². The molecule has 0 aromatic rings. The van der Waals surface area contributed by atoms with Crippen LogP contribution in [-0.4, -0.2) is 23.4 Å². The molecule has 96 valence electrons. The van der Waals surface area contributed by atoms with Gasteiger partial charge in [0.2, 0.25) is 0 Å². The molecule has 0 unspecified atom stereocenters. The van der Waals surface area contributed by atoms with Gasteiger partial charge in [0.05, 0.1) is 18.3 Å². The molecule has 1 N–H and O–H groups in total. The SMILES string of the molecule is C=C(C)[C@@H]1CC[C@]23CO[C@](C)(CC[C@@H]2O)[C@H]3C1. The number of ether oxygens (including phenoxy) is 1. The van der Waals surface area contributed by atoms with Crippen molar-refractivity contribution >= 4 is 0 Å². The number of hydrogen-bond donors (Lipinski definition) is 1. The van der Waals surface area contributed by atoms with Crippen molar-refractivity contribution in [3.63, 3.8) is 0 Å². The Hall–Kier alpha value is -0.340. The first-order chi connectivity index (χ1) is 7.98. The fourth-order valence-electron chi connectivity index (χ4n) is 4.58. The summed E-state index contributed by atoms with van der Waals surface area (Å²) in [5.41, 5.74) is 1.40. The quantitative estimate of drug-likeness (QED) is 0.709. The Morgan fingerprint density at radius 1 is 1.35 bits per heavy atom. The van der Waals surface area contributed by atoms with Gasteiger partial charge in [-0.1, -0.05) is 12.2 Å². The van der Waals surface area contributed by atoms with Crippen molar-refractivity contribution in [2.75, 3.05) is 6.61 Å². The summed E-state index contributed by atoms with van der Waals surface area (Å²) in [7, 11) is 0. The maximum Gasteiger partial charge on any atom is 0.0691 e. The number of allylic oxidation sites excluding steroid dienone is 1. The molecule has 1 aliphatic heterocycles. The third-order valence-electron chi connectivity index (χ3n) is 5.85. The second-order valence-electron chi connectivity index (χ2n) is 6.76. The van der Waals surface area contributed by atoms with Crippen LogP contribution < -0.4 is 0 Å². The minimum Gasteiger partial charge on any atom is -0.392 e. The standard InChI is InChI=1S/C15H24O2/c1-10(2)11-4-7-15-9-17-14(3,12(15)8-11)6-5-13(15)16/h11-13,16H,1,4-9H2,2-3H3/t11-,12-,13+,14-,15-/m1/s1. The number of aliphatic hydroxyl groups is 1. The third kappa shape index (κ3) is 1.47. The highest BCUT2D eigenvalue weighted by Gasteiger charge is 2.63. The molecule has 3 rings (SSSR count). The molecule has 0 amide bonds. The van der Waals surface area contributed by atoms with Crippen LogP contribution in [0, 0.1) is 17.3 Å². The van der Waals surface area contributed by atoms with Gasteiger partial charge >= 0.3 is 0 Å². The maximum atomic E-state index is 10.4. The average Bonchev–Trinajstić information content (AvgIpc) is 2.54. The van der Waals surface area contributed by atoms with Crippen LogP contribution in [0.2, 0.25) is 0 Å². The molecule has 1 saturated heterocycles. The zero-order chi connectivity index (χ0) is 12.3. The highest BCUT2D eigenvalue weighted by Crippen LogP contribution is 2.61. The summed E-state index contributed by atoms with van der Waals surface area (Å²) in [6, 6.07) is 0. The van der Waals surface area contributed by atoms with E-state index in [2.05, 4.69) is 20.4 Å². The summed E-state index contributed by atoms with van der Waals surface area (Å²) in [5, 5.41) is 10.4.